The molecule has 0 aromatic heterocycles. The summed E-state index contributed by atoms with van der Waals surface area (Å²) in [4.78, 5) is 50.6. The number of fused-ring (bicyclic) bond motifs is 1. The Labute approximate surface area is 196 Å². The molecule has 2 aromatic carbocycles. The van der Waals surface area contributed by atoms with Crippen molar-refractivity contribution in [2.24, 2.45) is 0 Å². The van der Waals surface area contributed by atoms with Crippen LogP contribution in [0.2, 0.25) is 7.85 Å². The maximum atomic E-state index is 14.7. The molecule has 2 aliphatic heterocycles. The normalized spacial score (nSPS) is 27.3. The maximum absolute atomic E-state index is 14.7. The molecule has 10 heteroatoms. The molecule has 0 spiro atoms. The fourth-order valence-electron chi connectivity index (χ4n) is 3.22. The van der Waals surface area contributed by atoms with E-state index < -0.39 is 72.3 Å². The summed E-state index contributed by atoms with van der Waals surface area (Å²) in [6.07, 6.45) is -7.07. The molecule has 2 aromatic rings. The van der Waals surface area contributed by atoms with Gasteiger partial charge in [-0.15, -0.1) is 0 Å². The molecule has 1 unspecified atom stereocenters. The van der Waals surface area contributed by atoms with E-state index >= 15 is 0 Å². The van der Waals surface area contributed by atoms with Crippen LogP contribution in [0.5, 0.6) is 0 Å². The second kappa shape index (κ2) is 8.31. The van der Waals surface area contributed by atoms with Crippen LogP contribution in [0.25, 0.3) is 0 Å². The number of hydrogen-bond donors (Lipinski definition) is 2. The van der Waals surface area contributed by atoms with Gasteiger partial charge in [0, 0.05) is 41.1 Å². The Morgan fingerprint density at radius 1 is 1.31 bits per heavy atom. The van der Waals surface area contributed by atoms with Crippen molar-refractivity contribution in [3.63, 3.8) is 0 Å². The number of carbonyl (C=O) groups is 4. The van der Waals surface area contributed by atoms with Crippen molar-refractivity contribution in [2.75, 3.05) is 0 Å². The van der Waals surface area contributed by atoms with Gasteiger partial charge in [-0.2, -0.15) is 8.78 Å². The minimum absolute atomic E-state index is 0.0122. The number of hydrogen-bond acceptors (Lipinski definition) is 4. The van der Waals surface area contributed by atoms with E-state index in [1.807, 2.05) is 0 Å². The average molecular weight is 469 g/mol. The molecule has 1 saturated heterocycles. The Bertz CT molecular complexity index is 1410. The summed E-state index contributed by atoms with van der Waals surface area (Å²) in [5.74, 6) is -10.6. The number of rotatable bonds is 5. The van der Waals surface area contributed by atoms with Crippen molar-refractivity contribution in [3.05, 3.63) is 69.7 Å². The van der Waals surface area contributed by atoms with Crippen molar-refractivity contribution in [3.8, 4) is 0 Å². The fraction of sp³-hybridized carbons (Fsp3) is 0.273. The number of halogens is 3. The van der Waals surface area contributed by atoms with Crippen LogP contribution in [-0.4, -0.2) is 34.5 Å². The lowest BCUT2D eigenvalue weighted by Gasteiger charge is -2.29. The third kappa shape index (κ3) is 4.08. The summed E-state index contributed by atoms with van der Waals surface area (Å²) >= 11 is 5.69. The third-order valence-corrected chi connectivity index (χ3v) is 5.07. The first-order chi connectivity index (χ1) is 17.9. The number of amides is 4. The van der Waals surface area contributed by atoms with Gasteiger partial charge in [0.2, 0.25) is 11.8 Å². The first kappa shape index (κ1) is 14.7. The van der Waals surface area contributed by atoms with Gasteiger partial charge in [0.15, 0.2) is 2.82 Å². The van der Waals surface area contributed by atoms with E-state index in [0.717, 1.165) is 30.3 Å². The first-order valence-electron chi connectivity index (χ1n) is 12.5. The highest BCUT2D eigenvalue weighted by Crippen LogP contribution is 2.30. The maximum Gasteiger partial charge on any atom is 0.349 e. The predicted molar refractivity (Wildman–Crippen MR) is 110 cm³/mol. The third-order valence-electron chi connectivity index (χ3n) is 4.82. The molecule has 7 nitrogen and oxygen atoms in total. The van der Waals surface area contributed by atoms with Crippen molar-refractivity contribution in [2.45, 2.75) is 37.8 Å². The van der Waals surface area contributed by atoms with Gasteiger partial charge < -0.3 is 10.2 Å². The van der Waals surface area contributed by atoms with Crippen LogP contribution in [0.1, 0.15) is 46.6 Å². The van der Waals surface area contributed by atoms with Gasteiger partial charge in [-0.1, -0.05) is 35.9 Å². The summed E-state index contributed by atoms with van der Waals surface area (Å²) in [5.41, 5.74) is -0.661. The molecule has 1 fully saturated rings. The van der Waals surface area contributed by atoms with E-state index in [1.54, 1.807) is 0 Å². The van der Waals surface area contributed by atoms with E-state index in [4.69, 9.17) is 21.3 Å². The zero-order valence-electron chi connectivity index (χ0n) is 23.1. The van der Waals surface area contributed by atoms with Gasteiger partial charge in [-0.3, -0.25) is 24.5 Å². The monoisotopic (exact) mass is 468 g/mol. The molecule has 0 aliphatic carbocycles. The van der Waals surface area contributed by atoms with Gasteiger partial charge in [-0.25, -0.2) is 0 Å². The predicted octanol–water partition coefficient (Wildman–Crippen LogP) is 2.51. The van der Waals surface area contributed by atoms with Crippen LogP contribution >= 0.6 is 11.6 Å². The fourth-order valence-corrected chi connectivity index (χ4v) is 3.35. The van der Waals surface area contributed by atoms with Crippen LogP contribution in [0, 0.1) is 0 Å². The lowest BCUT2D eigenvalue weighted by Crippen LogP contribution is -2.52. The van der Waals surface area contributed by atoms with Crippen LogP contribution in [0.15, 0.2) is 42.5 Å². The summed E-state index contributed by atoms with van der Waals surface area (Å²) in [6.45, 7) is -1.30. The molecular weight excluding hydrogens is 444 g/mol. The molecule has 2 aliphatic rings. The van der Waals surface area contributed by atoms with E-state index in [0.29, 0.717) is 4.90 Å². The van der Waals surface area contributed by atoms with Crippen LogP contribution in [-0.2, 0) is 33.4 Å². The van der Waals surface area contributed by atoms with Gasteiger partial charge in [0.25, 0.3) is 11.8 Å². The SMILES string of the molecule is [2H]N(Cc1ccc2c(c1)CN(C1([2H])C(=O)N([2H])C(=O)C([2H])([2H])C1([2H])[2H])C2=O)C(=O)C(F)(F)c1ccc(Cl)cc1. The van der Waals surface area contributed by atoms with E-state index in [1.165, 1.54) is 12.1 Å². The second-order valence-electron chi connectivity index (χ2n) is 6.91. The quantitative estimate of drug-likeness (QED) is 0.659. The Balaban J connectivity index is 1.60. The Morgan fingerprint density at radius 2 is 2.03 bits per heavy atom. The topological polar surface area (TPSA) is 95.6 Å². The Hall–Kier alpha value is -3.33. The number of imide groups is 1. The molecule has 2 N–H and O–H groups in total. The van der Waals surface area contributed by atoms with Gasteiger partial charge in [-0.05, 0) is 35.7 Å². The number of carbonyl (C=O) groups excluding carboxylic acids is 4. The highest BCUT2D eigenvalue weighted by Gasteiger charge is 2.41. The molecule has 166 valence electrons. The van der Waals surface area contributed by atoms with Crippen molar-refractivity contribution in [1.82, 2.24) is 15.5 Å². The largest absolute Gasteiger partial charge is 0.349 e. The molecule has 2 heterocycles. The second-order valence-corrected chi connectivity index (χ2v) is 7.34. The zero-order chi connectivity index (χ0) is 29.3. The van der Waals surface area contributed by atoms with Crippen LogP contribution in [0.4, 0.5) is 8.78 Å². The van der Waals surface area contributed by atoms with Crippen molar-refractivity contribution < 1.29 is 37.6 Å². The molecule has 0 saturated carbocycles. The molecule has 0 radical (unpaired) electrons. The van der Waals surface area contributed by atoms with E-state index in [9.17, 15) is 28.0 Å². The van der Waals surface area contributed by atoms with Crippen molar-refractivity contribution >= 4 is 35.2 Å². The summed E-state index contributed by atoms with van der Waals surface area (Å²) < 4.78 is 85.2. The first-order valence-corrected chi connectivity index (χ1v) is 9.53. The van der Waals surface area contributed by atoms with E-state index in [2.05, 4.69) is 0 Å². The van der Waals surface area contributed by atoms with Crippen LogP contribution in [0.3, 0.4) is 0 Å². The molecule has 1 atom stereocenters. The number of nitrogens with one attached hydrogen (secondary N) is 2. The highest BCUT2D eigenvalue weighted by atomic mass is 35.5. The summed E-state index contributed by atoms with van der Waals surface area (Å²) in [7, 11) is 0. The van der Waals surface area contributed by atoms with Gasteiger partial charge in [0.05, 0.1) is 1.37 Å². The number of piperidine rings is 1. The highest BCUT2D eigenvalue weighted by molar-refractivity contribution is 6.30. The lowest BCUT2D eigenvalue weighted by atomic mass is 10.0. The standard InChI is InChI=1S/C22H18ClF2N3O4/c23-15-4-2-14(3-5-15)22(24,25)21(32)26-10-12-1-6-16-13(9-12)11-28(20(16)31)17-7-8-18(29)27-19(17)30/h1-6,9,17H,7-8,10-11H2,(H,26,32)(H,27,29,30)/i7D2,8D2,17D/hD2. The number of alkyl halides is 2. The van der Waals surface area contributed by atoms with Crippen LogP contribution < -0.4 is 10.6 Å². The van der Waals surface area contributed by atoms with Crippen molar-refractivity contribution in [1.29, 1.82) is 0 Å². The molecule has 0 bridgehead atoms. The minimum Gasteiger partial charge on any atom is -0.346 e. The molecule has 4 amide bonds. The van der Waals surface area contributed by atoms with Gasteiger partial charge in [0.1, 0.15) is 6.02 Å². The Morgan fingerprint density at radius 3 is 2.75 bits per heavy atom. The number of nitrogens with zero attached hydrogens (tertiary/aromatic N) is 1. The smallest absolute Gasteiger partial charge is 0.346 e. The summed E-state index contributed by atoms with van der Waals surface area (Å²) in [5, 5.41) is -0.305. The molecular formula is C22H18ClF2N3O4. The van der Waals surface area contributed by atoms with Gasteiger partial charge >= 0.3 is 5.92 Å². The Kier molecular flexibility index (Phi) is 3.81. The molecule has 32 heavy (non-hydrogen) atoms. The van der Waals surface area contributed by atoms with E-state index in [-0.39, 0.29) is 27.0 Å². The lowest BCUT2D eigenvalue weighted by molar-refractivity contribution is -0.147. The minimum atomic E-state index is -4.06. The average Bonchev–Trinajstić information content (AvgIpc) is 3.21. The summed E-state index contributed by atoms with van der Waals surface area (Å²) in [6, 6.07) is 4.48. The molecule has 4 rings (SSSR count). The zero-order valence-corrected chi connectivity index (χ0v) is 16.8. The number of benzene rings is 2.